The fourth-order valence-corrected chi connectivity index (χ4v) is 3.45. The van der Waals surface area contributed by atoms with Gasteiger partial charge in [0.05, 0.1) is 4.92 Å². The van der Waals surface area contributed by atoms with Crippen molar-refractivity contribution in [2.75, 3.05) is 11.4 Å². The Morgan fingerprint density at radius 3 is 2.95 bits per heavy atom. The van der Waals surface area contributed by atoms with Crippen LogP contribution in [0.3, 0.4) is 0 Å². The first-order valence-corrected chi connectivity index (χ1v) is 7.83. The van der Waals surface area contributed by atoms with Gasteiger partial charge in [-0.25, -0.2) is 4.98 Å². The normalized spacial score (nSPS) is 17.6. The van der Waals surface area contributed by atoms with E-state index in [1.165, 1.54) is 29.9 Å². The Balaban J connectivity index is 1.59. The summed E-state index contributed by atoms with van der Waals surface area (Å²) >= 11 is 1.44. The van der Waals surface area contributed by atoms with Crippen LogP contribution < -0.4 is 4.90 Å². The molecule has 1 aliphatic carbocycles. The zero-order valence-corrected chi connectivity index (χ0v) is 12.2. The molecule has 0 N–H and O–H groups in total. The van der Waals surface area contributed by atoms with Gasteiger partial charge in [-0.1, -0.05) is 6.07 Å². The molecule has 4 rings (SSSR count). The molecule has 1 saturated carbocycles. The Labute approximate surface area is 125 Å². The van der Waals surface area contributed by atoms with Crippen molar-refractivity contribution in [3.8, 4) is 0 Å². The number of non-ortho nitro benzene ring substituents is 1. The highest BCUT2D eigenvalue weighted by molar-refractivity contribution is 7.09. The maximum absolute atomic E-state index is 10.9. The second kappa shape index (κ2) is 4.77. The topological polar surface area (TPSA) is 72.2 Å². The van der Waals surface area contributed by atoms with E-state index in [0.717, 1.165) is 29.5 Å². The van der Waals surface area contributed by atoms with E-state index in [2.05, 4.69) is 14.3 Å². The third-order valence-corrected chi connectivity index (χ3v) is 4.85. The second-order valence-corrected chi connectivity index (χ2v) is 6.32. The molecule has 0 spiro atoms. The number of nitro groups is 1. The average molecular weight is 302 g/mol. The first kappa shape index (κ1) is 12.7. The quantitative estimate of drug-likeness (QED) is 0.644. The first-order valence-electron chi connectivity index (χ1n) is 7.05. The van der Waals surface area contributed by atoms with Gasteiger partial charge in [-0.15, -0.1) is 0 Å². The van der Waals surface area contributed by atoms with E-state index in [1.807, 2.05) is 6.07 Å². The average Bonchev–Trinajstić information content (AvgIpc) is 3.23. The predicted octanol–water partition coefficient (Wildman–Crippen LogP) is 2.89. The van der Waals surface area contributed by atoms with Crippen molar-refractivity contribution < 1.29 is 4.92 Å². The van der Waals surface area contributed by atoms with E-state index in [9.17, 15) is 10.1 Å². The van der Waals surface area contributed by atoms with E-state index in [1.54, 1.807) is 12.1 Å². The Morgan fingerprint density at radius 1 is 1.33 bits per heavy atom. The number of fused-ring (bicyclic) bond motifs is 1. The minimum absolute atomic E-state index is 0.159. The minimum Gasteiger partial charge on any atom is -0.342 e. The van der Waals surface area contributed by atoms with Crippen LogP contribution in [0.2, 0.25) is 0 Å². The zero-order chi connectivity index (χ0) is 14.4. The molecule has 0 atom stereocenters. The van der Waals surface area contributed by atoms with Crippen LogP contribution in [0.15, 0.2) is 18.2 Å². The Hall–Kier alpha value is -2.02. The Bertz CT molecular complexity index is 711. The molecule has 1 aromatic heterocycles. The van der Waals surface area contributed by atoms with Crippen LogP contribution in [-0.4, -0.2) is 20.8 Å². The third-order valence-electron chi connectivity index (χ3n) is 4.06. The first-order chi connectivity index (χ1) is 10.2. The maximum atomic E-state index is 10.9. The van der Waals surface area contributed by atoms with Crippen LogP contribution in [0.1, 0.15) is 35.7 Å². The highest BCUT2D eigenvalue weighted by atomic mass is 32.1. The molecule has 0 saturated heterocycles. The summed E-state index contributed by atoms with van der Waals surface area (Å²) in [6.45, 7) is 1.57. The van der Waals surface area contributed by atoms with Gasteiger partial charge in [0.15, 0.2) is 0 Å². The largest absolute Gasteiger partial charge is 0.342 e. The number of hydrogen-bond acceptors (Lipinski definition) is 6. The number of rotatable bonds is 3. The van der Waals surface area contributed by atoms with Crippen LogP contribution in [0, 0.1) is 10.1 Å². The maximum Gasteiger partial charge on any atom is 0.269 e. The van der Waals surface area contributed by atoms with Gasteiger partial charge in [-0.05, 0) is 30.4 Å². The van der Waals surface area contributed by atoms with Crippen LogP contribution >= 0.6 is 11.5 Å². The highest BCUT2D eigenvalue weighted by Gasteiger charge is 2.29. The zero-order valence-electron chi connectivity index (χ0n) is 11.4. The molecule has 2 aromatic rings. The molecule has 1 fully saturated rings. The van der Waals surface area contributed by atoms with Crippen molar-refractivity contribution in [2.24, 2.45) is 0 Å². The van der Waals surface area contributed by atoms with Gasteiger partial charge in [0.2, 0.25) is 5.13 Å². The molecule has 21 heavy (non-hydrogen) atoms. The number of benzene rings is 1. The van der Waals surface area contributed by atoms with Gasteiger partial charge in [-0.2, -0.15) is 4.37 Å². The summed E-state index contributed by atoms with van der Waals surface area (Å²) in [6, 6.07) is 5.15. The molecule has 0 unspecified atom stereocenters. The highest BCUT2D eigenvalue weighted by Crippen LogP contribution is 2.40. The molecule has 0 radical (unpaired) electrons. The van der Waals surface area contributed by atoms with E-state index < -0.39 is 0 Å². The van der Waals surface area contributed by atoms with Gasteiger partial charge in [-0.3, -0.25) is 10.1 Å². The van der Waals surface area contributed by atoms with Crippen molar-refractivity contribution in [3.63, 3.8) is 0 Å². The standard InChI is InChI=1S/C14H14N4O2S/c19-18(20)12-4-3-9-5-6-17(8-11(9)7-12)14-15-13(16-21-14)10-1-2-10/h3-4,7,10H,1-2,5-6,8H2. The van der Waals surface area contributed by atoms with E-state index in [-0.39, 0.29) is 10.6 Å². The summed E-state index contributed by atoms with van der Waals surface area (Å²) in [7, 11) is 0. The van der Waals surface area contributed by atoms with Gasteiger partial charge >= 0.3 is 0 Å². The molecular weight excluding hydrogens is 288 g/mol. The molecule has 1 aromatic carbocycles. The summed E-state index contributed by atoms with van der Waals surface area (Å²) in [6.07, 6.45) is 3.29. The minimum atomic E-state index is -0.338. The smallest absolute Gasteiger partial charge is 0.269 e. The van der Waals surface area contributed by atoms with Crippen molar-refractivity contribution in [1.29, 1.82) is 0 Å². The lowest BCUT2D eigenvalue weighted by atomic mass is 9.99. The Morgan fingerprint density at radius 2 is 2.19 bits per heavy atom. The third kappa shape index (κ3) is 2.37. The van der Waals surface area contributed by atoms with Crippen LogP contribution in [0.5, 0.6) is 0 Å². The van der Waals surface area contributed by atoms with Crippen LogP contribution in [0.4, 0.5) is 10.8 Å². The van der Waals surface area contributed by atoms with Crippen LogP contribution in [-0.2, 0) is 13.0 Å². The van der Waals surface area contributed by atoms with Crippen molar-refractivity contribution in [3.05, 3.63) is 45.3 Å². The van der Waals surface area contributed by atoms with E-state index in [0.29, 0.717) is 12.5 Å². The summed E-state index contributed by atoms with van der Waals surface area (Å²) in [5, 5.41) is 11.8. The van der Waals surface area contributed by atoms with Crippen LogP contribution in [0.25, 0.3) is 0 Å². The number of aromatic nitrogens is 2. The van der Waals surface area contributed by atoms with Crippen molar-refractivity contribution in [1.82, 2.24) is 9.36 Å². The van der Waals surface area contributed by atoms with E-state index in [4.69, 9.17) is 0 Å². The number of anilines is 1. The molecule has 2 aliphatic rings. The predicted molar refractivity (Wildman–Crippen MR) is 79.7 cm³/mol. The molecule has 1 aliphatic heterocycles. The molecule has 108 valence electrons. The molecule has 7 heteroatoms. The number of nitro benzene ring substituents is 1. The lowest BCUT2D eigenvalue weighted by molar-refractivity contribution is -0.384. The number of nitrogens with zero attached hydrogens (tertiary/aromatic N) is 4. The van der Waals surface area contributed by atoms with Crippen molar-refractivity contribution >= 4 is 22.4 Å². The van der Waals surface area contributed by atoms with Gasteiger partial charge in [0, 0.05) is 42.7 Å². The van der Waals surface area contributed by atoms with Gasteiger partial charge in [0.1, 0.15) is 5.82 Å². The summed E-state index contributed by atoms with van der Waals surface area (Å²) in [4.78, 5) is 17.4. The number of hydrogen-bond donors (Lipinski definition) is 0. The van der Waals surface area contributed by atoms with E-state index >= 15 is 0 Å². The van der Waals surface area contributed by atoms with Gasteiger partial charge in [0.25, 0.3) is 5.69 Å². The molecule has 6 nitrogen and oxygen atoms in total. The summed E-state index contributed by atoms with van der Waals surface area (Å²) in [5.41, 5.74) is 2.38. The molecule has 0 bridgehead atoms. The monoisotopic (exact) mass is 302 g/mol. The fraction of sp³-hybridized carbons (Fsp3) is 0.429. The van der Waals surface area contributed by atoms with Crippen molar-refractivity contribution in [2.45, 2.75) is 31.7 Å². The van der Waals surface area contributed by atoms with Gasteiger partial charge < -0.3 is 4.90 Å². The SMILES string of the molecule is O=[N+]([O-])c1ccc2c(c1)CN(c1nc(C3CC3)ns1)CC2. The molecule has 2 heterocycles. The lowest BCUT2D eigenvalue weighted by Crippen LogP contribution is -2.30. The summed E-state index contributed by atoms with van der Waals surface area (Å²) < 4.78 is 4.44. The molecule has 0 amide bonds. The summed E-state index contributed by atoms with van der Waals surface area (Å²) in [5.74, 6) is 1.54. The lowest BCUT2D eigenvalue weighted by Gasteiger charge is -2.27. The Kier molecular flexibility index (Phi) is 2.88. The fourth-order valence-electron chi connectivity index (χ4n) is 2.68. The molecular formula is C14H14N4O2S. The second-order valence-electron chi connectivity index (χ2n) is 5.59.